The van der Waals surface area contributed by atoms with Gasteiger partial charge in [0.2, 0.25) is 0 Å². The second-order valence-electron chi connectivity index (χ2n) is 6.83. The summed E-state index contributed by atoms with van der Waals surface area (Å²) in [6.07, 6.45) is -2.70. The van der Waals surface area contributed by atoms with E-state index in [9.17, 15) is 19.4 Å². The van der Waals surface area contributed by atoms with Crippen LogP contribution in [-0.2, 0) is 4.74 Å². The normalized spacial score (nSPS) is 12.3. The van der Waals surface area contributed by atoms with E-state index in [2.05, 4.69) is 5.32 Å². The number of hydrogen-bond acceptors (Lipinski definition) is 6. The Kier molecular flexibility index (Phi) is 7.62. The predicted molar refractivity (Wildman–Crippen MR) is 115 cm³/mol. The van der Waals surface area contributed by atoms with E-state index in [1.807, 2.05) is 12.1 Å². The third-order valence-electron chi connectivity index (χ3n) is 4.58. The second-order valence-corrected chi connectivity index (χ2v) is 6.83. The third kappa shape index (κ3) is 5.97. The lowest BCUT2D eigenvalue weighted by Crippen LogP contribution is -2.31. The van der Waals surface area contributed by atoms with Crippen LogP contribution in [0.5, 0.6) is 11.5 Å². The van der Waals surface area contributed by atoms with Gasteiger partial charge in [0.25, 0.3) is 0 Å². The minimum absolute atomic E-state index is 0.0895. The van der Waals surface area contributed by atoms with Crippen LogP contribution in [0.25, 0.3) is 0 Å². The smallest absolute Gasteiger partial charge is 0.412 e. The van der Waals surface area contributed by atoms with E-state index in [-0.39, 0.29) is 18.6 Å². The van der Waals surface area contributed by atoms with Crippen LogP contribution in [-0.4, -0.2) is 29.0 Å². The molecule has 0 radical (unpaired) electrons. The van der Waals surface area contributed by atoms with Crippen molar-refractivity contribution in [2.45, 2.75) is 18.6 Å². The van der Waals surface area contributed by atoms with Crippen LogP contribution in [0.1, 0.15) is 23.7 Å². The van der Waals surface area contributed by atoms with Crippen LogP contribution in [0.3, 0.4) is 0 Å². The van der Waals surface area contributed by atoms with E-state index in [0.717, 1.165) is 12.1 Å². The number of phenols is 1. The highest BCUT2D eigenvalue weighted by Crippen LogP contribution is 2.30. The molecule has 1 amide bonds. The molecule has 0 heterocycles. The number of nitrogens with zero attached hydrogens (tertiary/aromatic N) is 1. The standard InChI is InChI=1S/C24H21FN2O5/c25-20-14-17(8-11-21(20)29)23(22(12-13-28)31-19-4-2-1-3-5-19)32-24(30)27-18-9-6-16(15-26)7-10-18/h1-11,14,22-23,28-29H,12-13H2,(H,27,30)/t22-,23-/m0/s1. The molecule has 0 saturated heterocycles. The number of benzene rings is 3. The Balaban J connectivity index is 1.86. The van der Waals surface area contributed by atoms with Gasteiger partial charge in [0, 0.05) is 18.7 Å². The molecule has 0 saturated carbocycles. The Morgan fingerprint density at radius 3 is 2.44 bits per heavy atom. The van der Waals surface area contributed by atoms with Crippen LogP contribution in [0.2, 0.25) is 0 Å². The van der Waals surface area contributed by atoms with Gasteiger partial charge in [0.1, 0.15) is 11.9 Å². The summed E-state index contributed by atoms with van der Waals surface area (Å²) >= 11 is 0. The molecule has 32 heavy (non-hydrogen) atoms. The molecular formula is C24H21FN2O5. The number of rotatable bonds is 8. The molecular weight excluding hydrogens is 415 g/mol. The van der Waals surface area contributed by atoms with Crippen molar-refractivity contribution in [1.29, 1.82) is 5.26 Å². The van der Waals surface area contributed by atoms with Gasteiger partial charge >= 0.3 is 6.09 Å². The van der Waals surface area contributed by atoms with Crippen molar-refractivity contribution in [1.82, 2.24) is 0 Å². The van der Waals surface area contributed by atoms with E-state index in [1.54, 1.807) is 36.4 Å². The van der Waals surface area contributed by atoms with Gasteiger partial charge < -0.3 is 19.7 Å². The third-order valence-corrected chi connectivity index (χ3v) is 4.58. The summed E-state index contributed by atoms with van der Waals surface area (Å²) < 4.78 is 25.6. The quantitative estimate of drug-likeness (QED) is 0.479. The molecule has 8 heteroatoms. The number of amides is 1. The summed E-state index contributed by atoms with van der Waals surface area (Å²) in [6, 6.07) is 20.5. The number of hydrogen-bond donors (Lipinski definition) is 3. The summed E-state index contributed by atoms with van der Waals surface area (Å²) in [6.45, 7) is -0.269. The Labute approximate surface area is 184 Å². The molecule has 3 N–H and O–H groups in total. The fourth-order valence-electron chi connectivity index (χ4n) is 3.02. The number of carbonyl (C=O) groups excluding carboxylic acids is 1. The number of nitrogens with one attached hydrogen (secondary N) is 1. The molecule has 2 atom stereocenters. The number of ether oxygens (including phenoxy) is 2. The highest BCUT2D eigenvalue weighted by Gasteiger charge is 2.30. The maximum atomic E-state index is 14.0. The number of para-hydroxylation sites is 1. The molecule has 0 aliphatic rings. The van der Waals surface area contributed by atoms with E-state index in [0.29, 0.717) is 17.0 Å². The van der Waals surface area contributed by atoms with Gasteiger partial charge in [-0.05, 0) is 54.1 Å². The van der Waals surface area contributed by atoms with Crippen LogP contribution in [0, 0.1) is 17.1 Å². The predicted octanol–water partition coefficient (Wildman–Crippen LogP) is 4.52. The number of aliphatic hydroxyl groups is 1. The van der Waals surface area contributed by atoms with E-state index >= 15 is 0 Å². The molecule has 7 nitrogen and oxygen atoms in total. The number of nitriles is 1. The maximum absolute atomic E-state index is 14.0. The average molecular weight is 436 g/mol. The Morgan fingerprint density at radius 2 is 1.81 bits per heavy atom. The summed E-state index contributed by atoms with van der Waals surface area (Å²) in [7, 11) is 0. The van der Waals surface area contributed by atoms with Crippen molar-refractivity contribution in [2.75, 3.05) is 11.9 Å². The lowest BCUT2D eigenvalue weighted by molar-refractivity contribution is 0.00892. The number of aromatic hydroxyl groups is 1. The van der Waals surface area contributed by atoms with Gasteiger partial charge in [0.15, 0.2) is 17.7 Å². The van der Waals surface area contributed by atoms with Gasteiger partial charge in [0.05, 0.1) is 11.6 Å². The van der Waals surface area contributed by atoms with Crippen molar-refractivity contribution in [2.24, 2.45) is 0 Å². The van der Waals surface area contributed by atoms with Crippen molar-refractivity contribution in [3.63, 3.8) is 0 Å². The van der Waals surface area contributed by atoms with Crippen molar-refractivity contribution < 1.29 is 28.9 Å². The molecule has 0 aromatic heterocycles. The average Bonchev–Trinajstić information content (AvgIpc) is 2.80. The van der Waals surface area contributed by atoms with Gasteiger partial charge in [-0.2, -0.15) is 5.26 Å². The monoisotopic (exact) mass is 436 g/mol. The molecule has 3 rings (SSSR count). The number of carbonyl (C=O) groups is 1. The molecule has 0 unspecified atom stereocenters. The minimum atomic E-state index is -1.10. The number of anilines is 1. The lowest BCUT2D eigenvalue weighted by Gasteiger charge is -2.28. The highest BCUT2D eigenvalue weighted by atomic mass is 19.1. The van der Waals surface area contributed by atoms with E-state index < -0.39 is 29.9 Å². The summed E-state index contributed by atoms with van der Waals surface area (Å²) in [5.41, 5.74) is 1.07. The fraction of sp³-hybridized carbons (Fsp3) is 0.167. The summed E-state index contributed by atoms with van der Waals surface area (Å²) in [5.74, 6) is -0.949. The largest absolute Gasteiger partial charge is 0.505 e. The van der Waals surface area contributed by atoms with Crippen molar-refractivity contribution in [3.8, 4) is 17.6 Å². The van der Waals surface area contributed by atoms with Crippen LogP contribution < -0.4 is 10.1 Å². The number of phenolic OH excluding ortho intramolecular Hbond substituents is 1. The van der Waals surface area contributed by atoms with E-state index in [1.165, 1.54) is 18.2 Å². The van der Waals surface area contributed by atoms with Crippen LogP contribution in [0.15, 0.2) is 72.8 Å². The van der Waals surface area contributed by atoms with Gasteiger partial charge in [-0.3, -0.25) is 5.32 Å². The zero-order chi connectivity index (χ0) is 22.9. The van der Waals surface area contributed by atoms with Crippen LogP contribution >= 0.6 is 0 Å². The molecule has 0 fully saturated rings. The van der Waals surface area contributed by atoms with Gasteiger partial charge in [-0.25, -0.2) is 9.18 Å². The lowest BCUT2D eigenvalue weighted by atomic mass is 10.0. The van der Waals surface area contributed by atoms with Crippen molar-refractivity contribution >= 4 is 11.8 Å². The molecule has 0 spiro atoms. The Morgan fingerprint density at radius 1 is 1.09 bits per heavy atom. The molecule has 3 aromatic carbocycles. The maximum Gasteiger partial charge on any atom is 0.412 e. The van der Waals surface area contributed by atoms with Gasteiger partial charge in [-0.15, -0.1) is 0 Å². The second kappa shape index (κ2) is 10.8. The molecule has 3 aromatic rings. The molecule has 164 valence electrons. The summed E-state index contributed by atoms with van der Waals surface area (Å²) in [4.78, 5) is 12.6. The fourth-order valence-corrected chi connectivity index (χ4v) is 3.02. The topological polar surface area (TPSA) is 112 Å². The summed E-state index contributed by atoms with van der Waals surface area (Å²) in [5, 5.41) is 30.5. The first-order valence-electron chi connectivity index (χ1n) is 9.79. The highest BCUT2D eigenvalue weighted by molar-refractivity contribution is 5.84. The zero-order valence-electron chi connectivity index (χ0n) is 16.9. The first-order valence-corrected chi connectivity index (χ1v) is 9.79. The van der Waals surface area contributed by atoms with Crippen LogP contribution in [0.4, 0.5) is 14.9 Å². The van der Waals surface area contributed by atoms with Gasteiger partial charge in [-0.1, -0.05) is 24.3 Å². The number of halogens is 1. The number of aliphatic hydroxyl groups excluding tert-OH is 1. The Bertz CT molecular complexity index is 1080. The first kappa shape index (κ1) is 22.6. The zero-order valence-corrected chi connectivity index (χ0v) is 16.9. The minimum Gasteiger partial charge on any atom is -0.505 e. The molecule has 0 aliphatic carbocycles. The Hall–Kier alpha value is -4.09. The molecule has 0 bridgehead atoms. The first-order chi connectivity index (χ1) is 15.5. The van der Waals surface area contributed by atoms with Crippen molar-refractivity contribution in [3.05, 3.63) is 89.7 Å². The van der Waals surface area contributed by atoms with E-state index in [4.69, 9.17) is 14.7 Å². The SMILES string of the molecule is N#Cc1ccc(NC(=O)O[C@@H](c2ccc(O)c(F)c2)[C@H](CCO)Oc2ccccc2)cc1. The molecule has 0 aliphatic heterocycles.